The van der Waals surface area contributed by atoms with E-state index in [0.29, 0.717) is 24.4 Å². The van der Waals surface area contributed by atoms with Gasteiger partial charge in [0.15, 0.2) is 0 Å². The van der Waals surface area contributed by atoms with Gasteiger partial charge in [-0.15, -0.1) is 0 Å². The molecule has 0 saturated heterocycles. The van der Waals surface area contributed by atoms with Gasteiger partial charge in [-0.05, 0) is 59.4 Å². The van der Waals surface area contributed by atoms with Crippen molar-refractivity contribution >= 4 is 29.8 Å². The van der Waals surface area contributed by atoms with Crippen molar-refractivity contribution in [2.45, 2.75) is 25.3 Å². The minimum absolute atomic E-state index is 0.0252. The van der Waals surface area contributed by atoms with Gasteiger partial charge in [-0.2, -0.15) is 0 Å². The molecule has 0 aromatic heterocycles. The van der Waals surface area contributed by atoms with Crippen molar-refractivity contribution < 1.29 is 9.59 Å². The summed E-state index contributed by atoms with van der Waals surface area (Å²) in [6.07, 6.45) is 1.99. The van der Waals surface area contributed by atoms with E-state index >= 15 is 0 Å². The molecule has 34 heavy (non-hydrogen) atoms. The number of hydrogen-bond donors (Lipinski definition) is 4. The highest BCUT2D eigenvalue weighted by Crippen LogP contribution is 2.31. The van der Waals surface area contributed by atoms with Crippen LogP contribution >= 0.6 is 11.6 Å². The Morgan fingerprint density at radius 1 is 1.03 bits per heavy atom. The molecule has 3 aromatic carbocycles. The average molecular weight is 477 g/mol. The second-order valence-corrected chi connectivity index (χ2v) is 8.57. The Labute approximate surface area is 205 Å². The fourth-order valence-electron chi connectivity index (χ4n) is 3.89. The molecule has 3 aromatic rings. The molecule has 7 heteroatoms. The summed E-state index contributed by atoms with van der Waals surface area (Å²) in [5, 5.41) is 16.6. The van der Waals surface area contributed by atoms with Crippen LogP contribution < -0.4 is 16.0 Å². The summed E-state index contributed by atoms with van der Waals surface area (Å²) in [5.41, 5.74) is 3.45. The highest BCUT2D eigenvalue weighted by atomic mass is 35.5. The summed E-state index contributed by atoms with van der Waals surface area (Å²) >= 11 is 6.32. The lowest BCUT2D eigenvalue weighted by atomic mass is 9.87. The van der Waals surface area contributed by atoms with Crippen molar-refractivity contribution in [1.29, 1.82) is 5.41 Å². The van der Waals surface area contributed by atoms with Crippen LogP contribution in [0.4, 0.5) is 0 Å². The Morgan fingerprint density at radius 3 is 2.50 bits per heavy atom. The molecule has 3 rings (SSSR count). The first kappa shape index (κ1) is 25.0. The first-order chi connectivity index (χ1) is 16.4. The molecule has 4 N–H and O–H groups in total. The summed E-state index contributed by atoms with van der Waals surface area (Å²) in [4.78, 5) is 24.9. The molecule has 0 bridgehead atoms. The van der Waals surface area contributed by atoms with Crippen molar-refractivity contribution in [1.82, 2.24) is 16.0 Å². The Hall–Kier alpha value is -3.64. The molecule has 0 aliphatic rings. The molecule has 176 valence electrons. The molecular formula is C27H29ClN4O2. The Balaban J connectivity index is 1.81. The van der Waals surface area contributed by atoms with Crippen LogP contribution in [0.2, 0.25) is 5.02 Å². The number of hydrogen-bond acceptors (Lipinski definition) is 3. The minimum Gasteiger partial charge on any atom is -0.359 e. The zero-order valence-electron chi connectivity index (χ0n) is 19.3. The summed E-state index contributed by atoms with van der Waals surface area (Å²) in [5.74, 6) is -0.275. The molecule has 1 atom stereocenters. The third-order valence-corrected chi connectivity index (χ3v) is 6.02. The molecule has 0 aliphatic heterocycles. The van der Waals surface area contributed by atoms with Gasteiger partial charge in [0.2, 0.25) is 11.8 Å². The van der Waals surface area contributed by atoms with Crippen molar-refractivity contribution in [3.63, 3.8) is 0 Å². The largest absolute Gasteiger partial charge is 0.359 e. The van der Waals surface area contributed by atoms with E-state index in [-0.39, 0.29) is 11.8 Å². The van der Waals surface area contributed by atoms with Gasteiger partial charge in [-0.1, -0.05) is 66.2 Å². The lowest BCUT2D eigenvalue weighted by Gasteiger charge is -2.28. The van der Waals surface area contributed by atoms with Gasteiger partial charge in [0.05, 0.1) is 12.8 Å². The molecule has 0 heterocycles. The topological polar surface area (TPSA) is 94.1 Å². The Kier molecular flexibility index (Phi) is 8.44. The van der Waals surface area contributed by atoms with Crippen molar-refractivity contribution in [3.8, 4) is 11.1 Å². The van der Waals surface area contributed by atoms with Crippen LogP contribution in [0.15, 0.2) is 72.8 Å². The summed E-state index contributed by atoms with van der Waals surface area (Å²) in [6.45, 7) is 2.22. The smallest absolute Gasteiger partial charge is 0.249 e. The third kappa shape index (κ3) is 6.02. The highest BCUT2D eigenvalue weighted by Gasteiger charge is 2.33. The van der Waals surface area contributed by atoms with Gasteiger partial charge >= 0.3 is 0 Å². The second kappa shape index (κ2) is 11.5. The molecular weight excluding hydrogens is 448 g/mol. The number of benzene rings is 3. The van der Waals surface area contributed by atoms with Crippen molar-refractivity contribution in [2.24, 2.45) is 0 Å². The SMILES string of the molecule is CNC(=O)C(C)(NC=N)c1cccc(-c2cc(Cl)ccc2CCNC(=O)Cc2ccccc2)c1. The van der Waals surface area contributed by atoms with Crippen LogP contribution in [-0.4, -0.2) is 31.7 Å². The lowest BCUT2D eigenvalue weighted by Crippen LogP contribution is -2.50. The van der Waals surface area contributed by atoms with E-state index in [1.807, 2.05) is 72.8 Å². The fourth-order valence-corrected chi connectivity index (χ4v) is 4.06. The molecule has 2 amide bonds. The average Bonchev–Trinajstić information content (AvgIpc) is 2.85. The van der Waals surface area contributed by atoms with Gasteiger partial charge < -0.3 is 16.0 Å². The molecule has 0 saturated carbocycles. The molecule has 0 radical (unpaired) electrons. The maximum absolute atomic E-state index is 12.6. The van der Waals surface area contributed by atoms with E-state index in [1.54, 1.807) is 14.0 Å². The molecule has 1 unspecified atom stereocenters. The van der Waals surface area contributed by atoms with Gasteiger partial charge in [0, 0.05) is 18.6 Å². The molecule has 6 nitrogen and oxygen atoms in total. The second-order valence-electron chi connectivity index (χ2n) is 8.14. The first-order valence-electron chi connectivity index (χ1n) is 11.1. The number of carbonyl (C=O) groups excluding carboxylic acids is 2. The molecule has 0 spiro atoms. The summed E-state index contributed by atoms with van der Waals surface area (Å²) in [6, 6.07) is 22.9. The number of halogens is 1. The number of rotatable bonds is 10. The third-order valence-electron chi connectivity index (χ3n) is 5.79. The van der Waals surface area contributed by atoms with Gasteiger partial charge in [0.25, 0.3) is 0 Å². The van der Waals surface area contributed by atoms with Crippen LogP contribution in [-0.2, 0) is 28.0 Å². The summed E-state index contributed by atoms with van der Waals surface area (Å²) < 4.78 is 0. The van der Waals surface area contributed by atoms with Crippen LogP contribution in [0.5, 0.6) is 0 Å². The Bertz CT molecular complexity index is 1170. The highest BCUT2D eigenvalue weighted by molar-refractivity contribution is 6.30. The quantitative estimate of drug-likeness (QED) is 0.262. The predicted octanol–water partition coefficient (Wildman–Crippen LogP) is 4.07. The lowest BCUT2D eigenvalue weighted by molar-refractivity contribution is -0.126. The van der Waals surface area contributed by atoms with E-state index < -0.39 is 5.54 Å². The zero-order chi connectivity index (χ0) is 24.6. The number of carbonyl (C=O) groups is 2. The number of nitrogens with one attached hydrogen (secondary N) is 4. The standard InChI is InChI=1S/C27H29ClN4O2/c1-27(32-18-29,26(34)30-2)22-10-6-9-21(16-22)24-17-23(28)12-11-20(24)13-14-31-25(33)15-19-7-4-3-5-8-19/h3-12,16-18H,13-15H2,1-2H3,(H2,29,32)(H,30,34)(H,31,33). The van der Waals surface area contributed by atoms with Crippen molar-refractivity contribution in [3.05, 3.63) is 94.5 Å². The van der Waals surface area contributed by atoms with Crippen LogP contribution in [0, 0.1) is 5.41 Å². The van der Waals surface area contributed by atoms with E-state index in [2.05, 4.69) is 16.0 Å². The van der Waals surface area contributed by atoms with Crippen LogP contribution in [0.3, 0.4) is 0 Å². The fraction of sp³-hybridized carbons (Fsp3) is 0.222. The summed E-state index contributed by atoms with van der Waals surface area (Å²) in [7, 11) is 1.57. The molecule has 0 fully saturated rings. The van der Waals surface area contributed by atoms with Gasteiger partial charge in [-0.3, -0.25) is 15.0 Å². The van der Waals surface area contributed by atoms with E-state index in [0.717, 1.165) is 34.2 Å². The maximum Gasteiger partial charge on any atom is 0.249 e. The van der Waals surface area contributed by atoms with Gasteiger partial charge in [-0.25, -0.2) is 0 Å². The van der Waals surface area contributed by atoms with Gasteiger partial charge in [0.1, 0.15) is 5.54 Å². The number of amides is 2. The first-order valence-corrected chi connectivity index (χ1v) is 11.4. The Morgan fingerprint density at radius 2 is 1.79 bits per heavy atom. The van der Waals surface area contributed by atoms with Crippen LogP contribution in [0.1, 0.15) is 23.6 Å². The molecule has 0 aliphatic carbocycles. The monoisotopic (exact) mass is 476 g/mol. The number of likely N-dealkylation sites (N-methyl/N-ethyl adjacent to an activating group) is 1. The zero-order valence-corrected chi connectivity index (χ0v) is 20.1. The maximum atomic E-state index is 12.6. The van der Waals surface area contributed by atoms with Crippen molar-refractivity contribution in [2.75, 3.05) is 13.6 Å². The predicted molar refractivity (Wildman–Crippen MR) is 137 cm³/mol. The van der Waals surface area contributed by atoms with E-state index in [9.17, 15) is 9.59 Å². The normalized spacial score (nSPS) is 12.3. The van der Waals surface area contributed by atoms with Crippen LogP contribution in [0.25, 0.3) is 11.1 Å². The van der Waals surface area contributed by atoms with E-state index in [1.165, 1.54) is 0 Å². The van der Waals surface area contributed by atoms with E-state index in [4.69, 9.17) is 17.0 Å². The minimum atomic E-state index is -1.10.